The summed E-state index contributed by atoms with van der Waals surface area (Å²) in [7, 11) is 0. The Morgan fingerprint density at radius 3 is 2.79 bits per heavy atom. The van der Waals surface area contributed by atoms with E-state index < -0.39 is 6.09 Å². The molecule has 0 atom stereocenters. The van der Waals surface area contributed by atoms with Crippen LogP contribution in [0.15, 0.2) is 29.1 Å². The van der Waals surface area contributed by atoms with Gasteiger partial charge >= 0.3 is 6.09 Å². The van der Waals surface area contributed by atoms with Crippen molar-refractivity contribution in [2.45, 2.75) is 40.3 Å². The molecule has 2 heterocycles. The Kier molecular flexibility index (Phi) is 5.77. The summed E-state index contributed by atoms with van der Waals surface area (Å²) in [4.78, 5) is 38.2. The molecule has 0 fully saturated rings. The van der Waals surface area contributed by atoms with Gasteiger partial charge in [-0.3, -0.25) is 9.59 Å². The number of carbonyl (C=O) groups is 2. The molecule has 0 saturated heterocycles. The number of hydrogen-bond donors (Lipinski definition) is 1. The third kappa shape index (κ3) is 4.39. The van der Waals surface area contributed by atoms with Crippen LogP contribution in [0.25, 0.3) is 0 Å². The zero-order valence-electron chi connectivity index (χ0n) is 16.3. The van der Waals surface area contributed by atoms with Crippen LogP contribution in [0.3, 0.4) is 0 Å². The summed E-state index contributed by atoms with van der Waals surface area (Å²) in [6.45, 7) is 6.49. The maximum Gasteiger partial charge on any atom is 0.410 e. The van der Waals surface area contributed by atoms with Gasteiger partial charge in [0.25, 0.3) is 5.56 Å². The molecule has 0 unspecified atom stereocenters. The first-order valence-corrected chi connectivity index (χ1v) is 9.26. The van der Waals surface area contributed by atoms with Gasteiger partial charge in [-0.05, 0) is 38.0 Å². The minimum atomic E-state index is -0.398. The minimum absolute atomic E-state index is 0.166. The van der Waals surface area contributed by atoms with Gasteiger partial charge in [0.1, 0.15) is 6.54 Å². The van der Waals surface area contributed by atoms with Crippen LogP contribution in [0.5, 0.6) is 0 Å². The van der Waals surface area contributed by atoms with Crippen LogP contribution in [0.2, 0.25) is 0 Å². The van der Waals surface area contributed by atoms with E-state index in [2.05, 4.69) is 10.4 Å². The second-order valence-electron chi connectivity index (χ2n) is 6.85. The summed E-state index contributed by atoms with van der Waals surface area (Å²) in [5.74, 6) is -0.313. The molecule has 148 valence electrons. The van der Waals surface area contributed by atoms with Gasteiger partial charge in [-0.1, -0.05) is 12.1 Å². The van der Waals surface area contributed by atoms with Gasteiger partial charge in [0.05, 0.1) is 18.8 Å². The third-order valence-corrected chi connectivity index (χ3v) is 4.63. The molecule has 3 rings (SSSR count). The summed E-state index contributed by atoms with van der Waals surface area (Å²) in [6.07, 6.45) is 0.109. The molecule has 2 amide bonds. The van der Waals surface area contributed by atoms with Crippen molar-refractivity contribution in [3.63, 3.8) is 0 Å². The Labute approximate surface area is 163 Å². The van der Waals surface area contributed by atoms with Gasteiger partial charge < -0.3 is 15.0 Å². The highest BCUT2D eigenvalue weighted by molar-refractivity contribution is 5.91. The largest absolute Gasteiger partial charge is 0.450 e. The molecular formula is C20H24N4O4. The lowest BCUT2D eigenvalue weighted by molar-refractivity contribution is -0.117. The number of carbonyl (C=O) groups excluding carboxylic acids is 2. The summed E-state index contributed by atoms with van der Waals surface area (Å²) in [5.41, 5.74) is 3.75. The molecule has 8 heteroatoms. The van der Waals surface area contributed by atoms with E-state index >= 15 is 0 Å². The smallest absolute Gasteiger partial charge is 0.410 e. The molecule has 28 heavy (non-hydrogen) atoms. The topological polar surface area (TPSA) is 93.5 Å². The Morgan fingerprint density at radius 2 is 2.04 bits per heavy atom. The number of nitrogens with zero attached hydrogens (tertiary/aromatic N) is 3. The molecule has 1 aliphatic rings. The lowest BCUT2D eigenvalue weighted by atomic mass is 10.1. The normalized spacial score (nSPS) is 13.0. The minimum Gasteiger partial charge on any atom is -0.450 e. The lowest BCUT2D eigenvalue weighted by Gasteiger charge is -2.27. The number of rotatable bonds is 4. The third-order valence-electron chi connectivity index (χ3n) is 4.63. The maximum atomic E-state index is 12.4. The number of nitrogens with one attached hydrogen (secondary N) is 1. The van der Waals surface area contributed by atoms with E-state index in [0.717, 1.165) is 22.5 Å². The Hall–Kier alpha value is -3.16. The van der Waals surface area contributed by atoms with Gasteiger partial charge in [-0.15, -0.1) is 0 Å². The van der Waals surface area contributed by atoms with Crippen LogP contribution in [0.4, 0.5) is 10.5 Å². The van der Waals surface area contributed by atoms with E-state index in [4.69, 9.17) is 4.74 Å². The summed E-state index contributed by atoms with van der Waals surface area (Å²) >= 11 is 0. The first-order chi connectivity index (χ1) is 13.4. The molecule has 8 nitrogen and oxygen atoms in total. The summed E-state index contributed by atoms with van der Waals surface area (Å²) in [5, 5.41) is 7.17. The monoisotopic (exact) mass is 384 g/mol. The number of anilines is 1. The van der Waals surface area contributed by atoms with Crippen molar-refractivity contribution in [1.82, 2.24) is 14.7 Å². The van der Waals surface area contributed by atoms with Crippen molar-refractivity contribution in [1.29, 1.82) is 0 Å². The molecule has 1 aliphatic heterocycles. The Morgan fingerprint density at radius 1 is 1.25 bits per heavy atom. The van der Waals surface area contributed by atoms with Crippen LogP contribution in [-0.4, -0.2) is 39.8 Å². The zero-order valence-corrected chi connectivity index (χ0v) is 16.3. The predicted molar refractivity (Wildman–Crippen MR) is 104 cm³/mol. The maximum absolute atomic E-state index is 12.4. The van der Waals surface area contributed by atoms with Crippen LogP contribution < -0.4 is 10.9 Å². The van der Waals surface area contributed by atoms with Crippen LogP contribution in [0, 0.1) is 13.8 Å². The first kappa shape index (κ1) is 19.6. The molecule has 1 aromatic heterocycles. The van der Waals surface area contributed by atoms with Crippen molar-refractivity contribution in [2.24, 2.45) is 0 Å². The molecule has 0 bridgehead atoms. The van der Waals surface area contributed by atoms with Crippen LogP contribution in [0.1, 0.15) is 29.3 Å². The highest BCUT2D eigenvalue weighted by Crippen LogP contribution is 2.17. The van der Waals surface area contributed by atoms with Gasteiger partial charge in [0.15, 0.2) is 0 Å². The molecule has 1 aromatic carbocycles. The number of fused-ring (bicyclic) bond motifs is 1. The van der Waals surface area contributed by atoms with Crippen LogP contribution >= 0.6 is 0 Å². The van der Waals surface area contributed by atoms with E-state index in [1.807, 2.05) is 32.0 Å². The van der Waals surface area contributed by atoms with E-state index in [1.54, 1.807) is 11.8 Å². The van der Waals surface area contributed by atoms with Crippen molar-refractivity contribution >= 4 is 17.7 Å². The number of hydrogen-bond acceptors (Lipinski definition) is 5. The Bertz CT molecular complexity index is 967. The molecule has 0 aliphatic carbocycles. The fourth-order valence-corrected chi connectivity index (χ4v) is 3.12. The fraction of sp³-hybridized carbons (Fsp3) is 0.400. The molecule has 0 spiro atoms. The van der Waals surface area contributed by atoms with Gasteiger partial charge in [0.2, 0.25) is 5.91 Å². The van der Waals surface area contributed by atoms with Gasteiger partial charge in [0, 0.05) is 30.3 Å². The van der Waals surface area contributed by atoms with Crippen molar-refractivity contribution < 1.29 is 14.3 Å². The number of aryl methyl sites for hydroxylation is 2. The molecular weight excluding hydrogens is 360 g/mol. The average molecular weight is 384 g/mol. The highest BCUT2D eigenvalue weighted by Gasteiger charge is 2.24. The van der Waals surface area contributed by atoms with E-state index in [9.17, 15) is 14.4 Å². The van der Waals surface area contributed by atoms with Gasteiger partial charge in [-0.25, -0.2) is 9.48 Å². The SMILES string of the molecule is CCOC(=O)N1CCc2nn(CC(=O)Nc3cc(C)ccc3C)c(=O)cc2C1. The number of benzene rings is 1. The zero-order chi connectivity index (χ0) is 20.3. The fourth-order valence-electron chi connectivity index (χ4n) is 3.12. The lowest BCUT2D eigenvalue weighted by Crippen LogP contribution is -2.39. The predicted octanol–water partition coefficient (Wildman–Crippen LogP) is 2.01. The van der Waals surface area contributed by atoms with E-state index in [0.29, 0.717) is 25.1 Å². The standard InChI is InChI=1S/C20H24N4O4/c1-4-28-20(27)23-8-7-16-15(11-23)10-19(26)24(22-16)12-18(25)21-17-9-13(2)5-6-14(17)3/h5-6,9-10H,4,7-8,11-12H2,1-3H3,(H,21,25). The van der Waals surface area contributed by atoms with Gasteiger partial charge in [-0.2, -0.15) is 5.10 Å². The highest BCUT2D eigenvalue weighted by atomic mass is 16.6. The first-order valence-electron chi connectivity index (χ1n) is 9.26. The van der Waals surface area contributed by atoms with Crippen LogP contribution in [-0.2, 0) is 29.0 Å². The van der Waals surface area contributed by atoms with Crippen molar-refractivity contribution in [2.75, 3.05) is 18.5 Å². The van der Waals surface area contributed by atoms with Crippen molar-refractivity contribution in [3.8, 4) is 0 Å². The molecule has 2 aromatic rings. The van der Waals surface area contributed by atoms with E-state index in [1.165, 1.54) is 10.7 Å². The number of ether oxygens (including phenoxy) is 1. The number of aromatic nitrogens is 2. The summed E-state index contributed by atoms with van der Waals surface area (Å²) < 4.78 is 6.17. The van der Waals surface area contributed by atoms with Crippen molar-refractivity contribution in [3.05, 3.63) is 57.0 Å². The quantitative estimate of drug-likeness (QED) is 0.870. The van der Waals surface area contributed by atoms with E-state index in [-0.39, 0.29) is 24.6 Å². The average Bonchev–Trinajstić information content (AvgIpc) is 2.65. The summed E-state index contributed by atoms with van der Waals surface area (Å²) in [6, 6.07) is 7.24. The second kappa shape index (κ2) is 8.24. The molecule has 0 saturated carbocycles. The second-order valence-corrected chi connectivity index (χ2v) is 6.85. The molecule has 1 N–H and O–H groups in total. The Balaban J connectivity index is 1.72. The molecule has 0 radical (unpaired) electrons. The number of amides is 2.